The van der Waals surface area contributed by atoms with Gasteiger partial charge < -0.3 is 0 Å². The summed E-state index contributed by atoms with van der Waals surface area (Å²) >= 11 is 5.16. The number of hydrogen-bond acceptors (Lipinski definition) is 7. The third-order valence-electron chi connectivity index (χ3n) is 2.63. The van der Waals surface area contributed by atoms with E-state index in [9.17, 15) is 16.8 Å². The summed E-state index contributed by atoms with van der Waals surface area (Å²) in [7, 11) is -7.55. The molecule has 22 heavy (non-hydrogen) atoms. The lowest BCUT2D eigenvalue weighted by Crippen LogP contribution is -2.33. The largest absolute Gasteiger partial charge is 0.264 e. The first-order valence-corrected chi connectivity index (χ1v) is 10.7. The van der Waals surface area contributed by atoms with E-state index in [2.05, 4.69) is 27.1 Å². The molecule has 11 heteroatoms. The molecule has 0 bridgehead atoms. The Labute approximate surface area is 139 Å². The average molecular weight is 382 g/mol. The average Bonchev–Trinajstić information content (AvgIpc) is 2.44. The normalized spacial score (nSPS) is 18.7. The predicted octanol–water partition coefficient (Wildman–Crippen LogP) is 0.655. The molecule has 1 heterocycles. The van der Waals surface area contributed by atoms with Crippen LogP contribution in [0.5, 0.6) is 0 Å². The lowest BCUT2D eigenvalue weighted by atomic mass is 10.4. The molecule has 0 unspecified atom stereocenters. The van der Waals surface area contributed by atoms with Gasteiger partial charge in [-0.2, -0.15) is 12.6 Å². The number of aliphatic imine (C=N–C) groups is 1. The molecule has 0 radical (unpaired) electrons. The number of nitrogens with zero attached hydrogens (tertiary/aromatic N) is 1. The van der Waals surface area contributed by atoms with Crippen LogP contribution in [0.15, 0.2) is 37.9 Å². The quantitative estimate of drug-likeness (QED) is 0.650. The van der Waals surface area contributed by atoms with E-state index in [1.165, 1.54) is 12.1 Å². The van der Waals surface area contributed by atoms with Crippen LogP contribution in [-0.4, -0.2) is 40.8 Å². The monoisotopic (exact) mass is 381 g/mol. The second-order valence-electron chi connectivity index (χ2n) is 4.23. The van der Waals surface area contributed by atoms with E-state index >= 15 is 0 Å². The van der Waals surface area contributed by atoms with Gasteiger partial charge in [0.25, 0.3) is 10.0 Å². The SMILES string of the molecule is CCNS(=O)(=O)c1ccc2c(c1)S(=O)(=O)NC(=NCCS)S2. The molecular weight excluding hydrogens is 366 g/mol. The zero-order valence-corrected chi connectivity index (χ0v) is 14.9. The van der Waals surface area contributed by atoms with Crippen molar-refractivity contribution in [3.8, 4) is 0 Å². The summed E-state index contributed by atoms with van der Waals surface area (Å²) in [5.41, 5.74) is 0. The van der Waals surface area contributed by atoms with Crippen molar-refractivity contribution < 1.29 is 16.8 Å². The minimum Gasteiger partial charge on any atom is -0.261 e. The molecule has 0 aliphatic carbocycles. The van der Waals surface area contributed by atoms with Crippen LogP contribution in [0.2, 0.25) is 0 Å². The van der Waals surface area contributed by atoms with Gasteiger partial charge in [0.05, 0.1) is 11.4 Å². The number of thiol groups is 1. The van der Waals surface area contributed by atoms with Crippen LogP contribution >= 0.6 is 24.4 Å². The fourth-order valence-electron chi connectivity index (χ4n) is 1.73. The summed E-state index contributed by atoms with van der Waals surface area (Å²) in [6.45, 7) is 2.25. The van der Waals surface area contributed by atoms with E-state index in [0.29, 0.717) is 17.2 Å². The number of nitrogens with one attached hydrogen (secondary N) is 2. The minimum absolute atomic E-state index is 0.0682. The molecule has 0 amide bonds. The van der Waals surface area contributed by atoms with Crippen LogP contribution in [0.25, 0.3) is 0 Å². The maximum absolute atomic E-state index is 12.2. The van der Waals surface area contributed by atoms with E-state index < -0.39 is 20.0 Å². The van der Waals surface area contributed by atoms with Gasteiger partial charge >= 0.3 is 0 Å². The number of rotatable bonds is 5. The van der Waals surface area contributed by atoms with Crippen LogP contribution in [0, 0.1) is 0 Å². The Hall–Kier alpha value is -0.750. The number of hydrogen-bond donors (Lipinski definition) is 3. The first kappa shape index (κ1) is 17.6. The van der Waals surface area contributed by atoms with Crippen molar-refractivity contribution in [1.29, 1.82) is 0 Å². The maximum Gasteiger partial charge on any atom is 0.264 e. The summed E-state index contributed by atoms with van der Waals surface area (Å²) in [6, 6.07) is 4.00. The Kier molecular flexibility index (Phi) is 5.43. The van der Waals surface area contributed by atoms with Crippen molar-refractivity contribution in [2.24, 2.45) is 4.99 Å². The van der Waals surface area contributed by atoms with Gasteiger partial charge in [0, 0.05) is 17.2 Å². The van der Waals surface area contributed by atoms with Gasteiger partial charge in [-0.25, -0.2) is 21.6 Å². The highest BCUT2D eigenvalue weighted by Gasteiger charge is 2.29. The van der Waals surface area contributed by atoms with Gasteiger partial charge in [0.15, 0.2) is 5.17 Å². The molecule has 0 spiro atoms. The molecule has 2 rings (SSSR count). The van der Waals surface area contributed by atoms with E-state index in [-0.39, 0.29) is 21.5 Å². The number of thioether (sulfide) groups is 1. The molecule has 1 aliphatic heterocycles. The second kappa shape index (κ2) is 6.79. The van der Waals surface area contributed by atoms with Crippen LogP contribution in [-0.2, 0) is 20.0 Å². The Morgan fingerprint density at radius 2 is 2.14 bits per heavy atom. The molecule has 0 atom stereocenters. The Morgan fingerprint density at radius 1 is 1.41 bits per heavy atom. The third-order valence-corrected chi connectivity index (χ3v) is 7.01. The first-order valence-electron chi connectivity index (χ1n) is 6.30. The topological polar surface area (TPSA) is 105 Å². The van der Waals surface area contributed by atoms with Crippen molar-refractivity contribution in [3.05, 3.63) is 18.2 Å². The van der Waals surface area contributed by atoms with Crippen molar-refractivity contribution in [2.75, 3.05) is 18.8 Å². The van der Waals surface area contributed by atoms with Crippen molar-refractivity contribution in [3.63, 3.8) is 0 Å². The van der Waals surface area contributed by atoms with Crippen LogP contribution < -0.4 is 9.44 Å². The van der Waals surface area contributed by atoms with Gasteiger partial charge in [-0.1, -0.05) is 18.7 Å². The third kappa shape index (κ3) is 3.77. The highest BCUT2D eigenvalue weighted by atomic mass is 32.2. The van der Waals surface area contributed by atoms with Gasteiger partial charge in [0.1, 0.15) is 4.90 Å². The van der Waals surface area contributed by atoms with E-state index in [1.54, 1.807) is 6.92 Å². The second-order valence-corrected chi connectivity index (χ2v) is 9.12. The zero-order valence-electron chi connectivity index (χ0n) is 11.6. The van der Waals surface area contributed by atoms with Crippen LogP contribution in [0.1, 0.15) is 6.92 Å². The predicted molar refractivity (Wildman–Crippen MR) is 89.6 cm³/mol. The maximum atomic E-state index is 12.2. The lowest BCUT2D eigenvalue weighted by Gasteiger charge is -2.19. The molecule has 0 saturated heterocycles. The molecular formula is C11H15N3O4S4. The standard InChI is InChI=1S/C11H15N3O4S4/c1-2-13-21(15,16)8-3-4-9-10(7-8)22(17,18)14-11(20-9)12-5-6-19/h3-4,7,13,19H,2,5-6H2,1H3,(H,12,14). The molecule has 1 aliphatic rings. The summed E-state index contributed by atoms with van der Waals surface area (Å²) in [6.07, 6.45) is 0. The Bertz CT molecular complexity index is 803. The highest BCUT2D eigenvalue weighted by Crippen LogP contribution is 2.33. The highest BCUT2D eigenvalue weighted by molar-refractivity contribution is 8.16. The van der Waals surface area contributed by atoms with Crippen LogP contribution in [0.3, 0.4) is 0 Å². The molecule has 122 valence electrons. The van der Waals surface area contributed by atoms with Gasteiger partial charge in [-0.15, -0.1) is 0 Å². The molecule has 0 fully saturated rings. The summed E-state index contributed by atoms with van der Waals surface area (Å²) in [4.78, 5) is 4.36. The van der Waals surface area contributed by atoms with E-state index in [1.807, 2.05) is 0 Å². The number of sulfonamides is 2. The van der Waals surface area contributed by atoms with Crippen LogP contribution in [0.4, 0.5) is 0 Å². The van der Waals surface area contributed by atoms with Crippen molar-refractivity contribution >= 4 is 49.6 Å². The molecule has 0 saturated carbocycles. The molecule has 0 aromatic heterocycles. The summed E-state index contributed by atoms with van der Waals surface area (Å²) in [5.74, 6) is 0.499. The molecule has 2 N–H and O–H groups in total. The van der Waals surface area contributed by atoms with Crippen molar-refractivity contribution in [2.45, 2.75) is 21.6 Å². The first-order chi connectivity index (χ1) is 10.3. The Morgan fingerprint density at radius 3 is 2.77 bits per heavy atom. The fourth-order valence-corrected chi connectivity index (χ4v) is 5.60. The van der Waals surface area contributed by atoms with E-state index in [0.717, 1.165) is 17.8 Å². The smallest absolute Gasteiger partial charge is 0.261 e. The summed E-state index contributed by atoms with van der Waals surface area (Å²) in [5, 5.41) is 0.254. The molecule has 1 aromatic carbocycles. The number of benzene rings is 1. The van der Waals surface area contributed by atoms with Gasteiger partial charge in [-0.3, -0.25) is 9.71 Å². The lowest BCUT2D eigenvalue weighted by molar-refractivity contribution is 0.582. The minimum atomic E-state index is -3.84. The number of amidine groups is 1. The van der Waals surface area contributed by atoms with E-state index in [4.69, 9.17) is 0 Å². The van der Waals surface area contributed by atoms with Gasteiger partial charge in [-0.05, 0) is 18.2 Å². The van der Waals surface area contributed by atoms with Gasteiger partial charge in [0.2, 0.25) is 10.0 Å². The number of fused-ring (bicyclic) bond motifs is 1. The molecule has 1 aromatic rings. The Balaban J connectivity index is 2.47. The van der Waals surface area contributed by atoms with Crippen molar-refractivity contribution in [1.82, 2.24) is 9.44 Å². The zero-order chi connectivity index (χ0) is 16.4. The molecule has 7 nitrogen and oxygen atoms in total. The summed E-state index contributed by atoms with van der Waals surface area (Å²) < 4.78 is 53.1. The fraction of sp³-hybridized carbons (Fsp3) is 0.364.